The van der Waals surface area contributed by atoms with Crippen LogP contribution in [0.5, 0.6) is 0 Å². The van der Waals surface area contributed by atoms with Gasteiger partial charge in [-0.25, -0.2) is 9.37 Å². The van der Waals surface area contributed by atoms with Crippen molar-refractivity contribution < 1.29 is 14.3 Å². The summed E-state index contributed by atoms with van der Waals surface area (Å²) in [7, 11) is 1.64. The molecule has 0 bridgehead atoms. The molecule has 1 N–H and O–H groups in total. The van der Waals surface area contributed by atoms with Gasteiger partial charge in [-0.15, -0.1) is 0 Å². The molecule has 0 aliphatic heterocycles. The van der Waals surface area contributed by atoms with Gasteiger partial charge >= 0.3 is 0 Å². The Morgan fingerprint density at radius 1 is 1.14 bits per heavy atom. The maximum Gasteiger partial charge on any atom is 0.257 e. The molecule has 0 saturated heterocycles. The van der Waals surface area contributed by atoms with E-state index in [-0.39, 0.29) is 36.9 Å². The summed E-state index contributed by atoms with van der Waals surface area (Å²) in [6.45, 7) is 1.25. The standard InChI is InChI=1S/C22H22FN3O3/c1-15-19(12-13-27)22(29)26(21(24-15)16-8-10-17(23)11-9-16)14-20(28)25(2)18-6-4-3-5-7-18/h3-11,27H,12-14H2,1-2H3. The number of likely N-dealkylation sites (N-methyl/N-ethyl adjacent to an activating group) is 1. The number of rotatable bonds is 6. The van der Waals surface area contributed by atoms with E-state index in [1.807, 2.05) is 18.2 Å². The third-order valence-electron chi connectivity index (χ3n) is 4.74. The van der Waals surface area contributed by atoms with Crippen LogP contribution in [0.15, 0.2) is 59.4 Å². The minimum atomic E-state index is -0.406. The largest absolute Gasteiger partial charge is 0.396 e. The third kappa shape index (κ3) is 4.41. The molecule has 7 heteroatoms. The average Bonchev–Trinajstić information content (AvgIpc) is 2.73. The van der Waals surface area contributed by atoms with Gasteiger partial charge in [0.1, 0.15) is 18.2 Å². The van der Waals surface area contributed by atoms with Gasteiger partial charge in [0.2, 0.25) is 5.91 Å². The number of halogens is 1. The van der Waals surface area contributed by atoms with Crippen LogP contribution in [0.3, 0.4) is 0 Å². The molecule has 1 heterocycles. The Morgan fingerprint density at radius 3 is 2.41 bits per heavy atom. The molecule has 2 aromatic carbocycles. The summed E-state index contributed by atoms with van der Waals surface area (Å²) in [5.41, 5.74) is 1.67. The van der Waals surface area contributed by atoms with E-state index < -0.39 is 5.82 Å². The summed E-state index contributed by atoms with van der Waals surface area (Å²) in [6.07, 6.45) is 0.143. The first-order valence-corrected chi connectivity index (χ1v) is 9.21. The average molecular weight is 395 g/mol. The second-order valence-electron chi connectivity index (χ2n) is 6.66. The van der Waals surface area contributed by atoms with Crippen LogP contribution in [0, 0.1) is 12.7 Å². The van der Waals surface area contributed by atoms with Crippen molar-refractivity contribution >= 4 is 11.6 Å². The molecular formula is C22H22FN3O3. The minimum Gasteiger partial charge on any atom is -0.396 e. The Kier molecular flexibility index (Phi) is 6.19. The van der Waals surface area contributed by atoms with Crippen molar-refractivity contribution in [3.05, 3.63) is 82.0 Å². The van der Waals surface area contributed by atoms with Crippen molar-refractivity contribution in [2.45, 2.75) is 19.9 Å². The summed E-state index contributed by atoms with van der Waals surface area (Å²) in [4.78, 5) is 31.9. The van der Waals surface area contributed by atoms with Gasteiger partial charge in [-0.05, 0) is 43.3 Å². The third-order valence-corrected chi connectivity index (χ3v) is 4.74. The van der Waals surface area contributed by atoms with Crippen LogP contribution < -0.4 is 10.5 Å². The van der Waals surface area contributed by atoms with E-state index in [1.165, 1.54) is 33.7 Å². The molecule has 0 radical (unpaired) electrons. The normalized spacial score (nSPS) is 10.8. The Morgan fingerprint density at radius 2 is 1.79 bits per heavy atom. The Labute approximate surface area is 167 Å². The Balaban J connectivity index is 2.07. The molecule has 0 aliphatic carbocycles. The number of carbonyl (C=O) groups is 1. The SMILES string of the molecule is Cc1nc(-c2ccc(F)cc2)n(CC(=O)N(C)c2ccccc2)c(=O)c1CCO. The fraction of sp³-hybridized carbons (Fsp3) is 0.227. The van der Waals surface area contributed by atoms with Crippen molar-refractivity contribution in [2.75, 3.05) is 18.6 Å². The van der Waals surface area contributed by atoms with Crippen molar-refractivity contribution in [3.63, 3.8) is 0 Å². The summed E-state index contributed by atoms with van der Waals surface area (Å²) in [5, 5.41) is 9.30. The van der Waals surface area contributed by atoms with Crippen molar-refractivity contribution in [1.29, 1.82) is 0 Å². The van der Waals surface area contributed by atoms with Crippen LogP contribution in [0.2, 0.25) is 0 Å². The Hall–Kier alpha value is -3.32. The molecule has 1 aromatic heterocycles. The molecule has 1 amide bonds. The number of anilines is 1. The molecule has 150 valence electrons. The predicted molar refractivity (Wildman–Crippen MR) is 109 cm³/mol. The molecule has 3 rings (SSSR count). The summed E-state index contributed by atoms with van der Waals surface area (Å²) >= 11 is 0. The number of hydrogen-bond donors (Lipinski definition) is 1. The summed E-state index contributed by atoms with van der Waals surface area (Å²) in [5.74, 6) is -0.428. The number of para-hydroxylation sites is 1. The van der Waals surface area contributed by atoms with Crippen LogP contribution in [0.25, 0.3) is 11.4 Å². The maximum atomic E-state index is 13.4. The second kappa shape index (κ2) is 8.79. The number of aryl methyl sites for hydroxylation is 1. The van der Waals surface area contributed by atoms with E-state index in [0.29, 0.717) is 22.5 Å². The van der Waals surface area contributed by atoms with E-state index in [1.54, 1.807) is 26.1 Å². The van der Waals surface area contributed by atoms with Gasteiger partial charge in [0.05, 0.1) is 0 Å². The number of amides is 1. The lowest BCUT2D eigenvalue weighted by Crippen LogP contribution is -2.36. The van der Waals surface area contributed by atoms with Gasteiger partial charge in [-0.1, -0.05) is 18.2 Å². The van der Waals surface area contributed by atoms with Crippen LogP contribution in [0.4, 0.5) is 10.1 Å². The second-order valence-corrected chi connectivity index (χ2v) is 6.66. The van der Waals surface area contributed by atoms with Crippen molar-refractivity contribution in [1.82, 2.24) is 9.55 Å². The van der Waals surface area contributed by atoms with Gasteiger partial charge in [0.15, 0.2) is 0 Å². The molecule has 0 saturated carbocycles. The summed E-state index contributed by atoms with van der Waals surface area (Å²) in [6, 6.07) is 14.7. The smallest absolute Gasteiger partial charge is 0.257 e. The van der Waals surface area contributed by atoms with Gasteiger partial charge in [-0.2, -0.15) is 0 Å². The van der Waals surface area contributed by atoms with E-state index >= 15 is 0 Å². The molecule has 29 heavy (non-hydrogen) atoms. The minimum absolute atomic E-state index is 0.143. The highest BCUT2D eigenvalue weighted by Crippen LogP contribution is 2.19. The highest BCUT2D eigenvalue weighted by molar-refractivity contribution is 5.92. The van der Waals surface area contributed by atoms with Gasteiger partial charge in [0, 0.05) is 42.6 Å². The van der Waals surface area contributed by atoms with Crippen molar-refractivity contribution in [2.24, 2.45) is 0 Å². The highest BCUT2D eigenvalue weighted by Gasteiger charge is 2.20. The zero-order valence-electron chi connectivity index (χ0n) is 16.3. The quantitative estimate of drug-likeness (QED) is 0.696. The van der Waals surface area contributed by atoms with E-state index in [2.05, 4.69) is 4.98 Å². The van der Waals surface area contributed by atoms with E-state index in [9.17, 15) is 19.1 Å². The lowest BCUT2D eigenvalue weighted by atomic mass is 10.1. The maximum absolute atomic E-state index is 13.4. The molecule has 3 aromatic rings. The number of hydrogen-bond acceptors (Lipinski definition) is 4. The molecule has 6 nitrogen and oxygen atoms in total. The molecular weight excluding hydrogens is 373 g/mol. The van der Waals surface area contributed by atoms with Crippen LogP contribution >= 0.6 is 0 Å². The van der Waals surface area contributed by atoms with Crippen LogP contribution in [0.1, 0.15) is 11.3 Å². The lowest BCUT2D eigenvalue weighted by Gasteiger charge is -2.20. The zero-order chi connectivity index (χ0) is 21.0. The molecule has 0 aliphatic rings. The predicted octanol–water partition coefficient (Wildman–Crippen LogP) is 2.56. The van der Waals surface area contributed by atoms with Crippen LogP contribution in [-0.2, 0) is 17.8 Å². The number of nitrogens with zero attached hydrogens (tertiary/aromatic N) is 3. The van der Waals surface area contributed by atoms with Gasteiger partial charge in [0.25, 0.3) is 5.56 Å². The molecule has 0 fully saturated rings. The zero-order valence-corrected chi connectivity index (χ0v) is 16.3. The first-order valence-electron chi connectivity index (χ1n) is 9.21. The highest BCUT2D eigenvalue weighted by atomic mass is 19.1. The fourth-order valence-corrected chi connectivity index (χ4v) is 3.10. The lowest BCUT2D eigenvalue weighted by molar-refractivity contribution is -0.118. The first-order chi connectivity index (χ1) is 13.9. The topological polar surface area (TPSA) is 75.4 Å². The number of aromatic nitrogens is 2. The van der Waals surface area contributed by atoms with Gasteiger partial charge < -0.3 is 10.0 Å². The first kappa shape index (κ1) is 20.4. The van der Waals surface area contributed by atoms with Crippen molar-refractivity contribution in [3.8, 4) is 11.4 Å². The fourth-order valence-electron chi connectivity index (χ4n) is 3.10. The monoisotopic (exact) mass is 395 g/mol. The number of carbonyl (C=O) groups excluding carboxylic acids is 1. The summed E-state index contributed by atoms with van der Waals surface area (Å²) < 4.78 is 14.6. The Bertz CT molecular complexity index is 1060. The number of aliphatic hydroxyl groups excluding tert-OH is 1. The molecule has 0 spiro atoms. The van der Waals surface area contributed by atoms with E-state index in [0.717, 1.165) is 0 Å². The number of aliphatic hydroxyl groups is 1. The molecule has 0 unspecified atom stereocenters. The van der Waals surface area contributed by atoms with Gasteiger partial charge in [-0.3, -0.25) is 14.2 Å². The van der Waals surface area contributed by atoms with Crippen LogP contribution in [-0.4, -0.2) is 34.2 Å². The molecule has 0 atom stereocenters. The number of benzene rings is 2. The van der Waals surface area contributed by atoms with E-state index in [4.69, 9.17) is 0 Å².